The number of azo groups is 1. The van der Waals surface area contributed by atoms with E-state index in [0.29, 0.717) is 23.5 Å². The SMILES string of the molecule is CCN(CCO)c1ccc(N=Nc2ccc([N+](=O)[O-])cc2CN)cc1. The van der Waals surface area contributed by atoms with Crippen LogP contribution < -0.4 is 10.6 Å². The number of aliphatic hydroxyl groups is 1. The highest BCUT2D eigenvalue weighted by Crippen LogP contribution is 2.27. The Bertz CT molecular complexity index is 746. The van der Waals surface area contributed by atoms with Crippen LogP contribution in [-0.2, 0) is 6.54 Å². The van der Waals surface area contributed by atoms with Gasteiger partial charge in [0.1, 0.15) is 0 Å². The van der Waals surface area contributed by atoms with Crippen LogP contribution in [0.2, 0.25) is 0 Å². The molecular weight excluding hydrogens is 322 g/mol. The molecule has 132 valence electrons. The summed E-state index contributed by atoms with van der Waals surface area (Å²) in [7, 11) is 0. The second-order valence-corrected chi connectivity index (χ2v) is 5.29. The van der Waals surface area contributed by atoms with E-state index in [9.17, 15) is 10.1 Å². The first-order valence-corrected chi connectivity index (χ1v) is 7.94. The first-order chi connectivity index (χ1) is 12.1. The molecule has 0 heterocycles. The van der Waals surface area contributed by atoms with Crippen molar-refractivity contribution in [3.05, 3.63) is 58.1 Å². The molecule has 0 unspecified atom stereocenters. The third-order valence-electron chi connectivity index (χ3n) is 3.73. The number of anilines is 1. The highest BCUT2D eigenvalue weighted by Gasteiger charge is 2.09. The van der Waals surface area contributed by atoms with Gasteiger partial charge in [-0.05, 0) is 37.3 Å². The Labute approximate surface area is 145 Å². The molecule has 8 heteroatoms. The van der Waals surface area contributed by atoms with Gasteiger partial charge in [-0.25, -0.2) is 0 Å². The standard InChI is InChI=1S/C17H21N5O3/c1-2-21(9-10-23)15-5-3-14(4-6-15)19-20-17-8-7-16(22(24)25)11-13(17)12-18/h3-8,11,23H,2,9-10,12,18H2,1H3. The van der Waals surface area contributed by atoms with E-state index >= 15 is 0 Å². The fraction of sp³-hybridized carbons (Fsp3) is 0.294. The molecular formula is C17H21N5O3. The van der Waals surface area contributed by atoms with Crippen LogP contribution in [0.3, 0.4) is 0 Å². The normalized spacial score (nSPS) is 11.0. The summed E-state index contributed by atoms with van der Waals surface area (Å²) >= 11 is 0. The fourth-order valence-electron chi connectivity index (χ4n) is 2.38. The van der Waals surface area contributed by atoms with Crippen LogP contribution in [0.5, 0.6) is 0 Å². The van der Waals surface area contributed by atoms with Crippen molar-refractivity contribution in [2.24, 2.45) is 16.0 Å². The number of nitro groups is 1. The molecule has 0 aromatic heterocycles. The van der Waals surface area contributed by atoms with Gasteiger partial charge in [0.25, 0.3) is 5.69 Å². The Hall–Kier alpha value is -2.84. The first kappa shape index (κ1) is 18.5. The summed E-state index contributed by atoms with van der Waals surface area (Å²) in [6.07, 6.45) is 0. The number of hydrogen-bond acceptors (Lipinski definition) is 7. The summed E-state index contributed by atoms with van der Waals surface area (Å²) in [5.74, 6) is 0. The summed E-state index contributed by atoms with van der Waals surface area (Å²) < 4.78 is 0. The minimum atomic E-state index is -0.468. The average molecular weight is 343 g/mol. The molecule has 0 aliphatic rings. The van der Waals surface area contributed by atoms with E-state index in [1.54, 1.807) is 0 Å². The zero-order valence-corrected chi connectivity index (χ0v) is 14.0. The Balaban J connectivity index is 2.17. The van der Waals surface area contributed by atoms with E-state index in [2.05, 4.69) is 10.2 Å². The molecule has 2 aromatic rings. The lowest BCUT2D eigenvalue weighted by atomic mass is 10.1. The summed E-state index contributed by atoms with van der Waals surface area (Å²) in [4.78, 5) is 12.4. The van der Waals surface area contributed by atoms with Crippen molar-refractivity contribution in [2.45, 2.75) is 13.5 Å². The van der Waals surface area contributed by atoms with Crippen molar-refractivity contribution in [1.29, 1.82) is 0 Å². The molecule has 0 fully saturated rings. The van der Waals surface area contributed by atoms with E-state index in [0.717, 1.165) is 12.2 Å². The average Bonchev–Trinajstić information content (AvgIpc) is 2.64. The highest BCUT2D eigenvalue weighted by atomic mass is 16.6. The molecule has 0 aliphatic heterocycles. The third-order valence-corrected chi connectivity index (χ3v) is 3.73. The molecule has 2 rings (SSSR count). The van der Waals surface area contributed by atoms with E-state index in [4.69, 9.17) is 10.8 Å². The Morgan fingerprint density at radius 3 is 2.48 bits per heavy atom. The second kappa shape index (κ2) is 8.86. The number of nitrogens with zero attached hydrogens (tertiary/aromatic N) is 4. The van der Waals surface area contributed by atoms with Gasteiger partial charge in [-0.1, -0.05) is 0 Å². The number of hydrogen-bond donors (Lipinski definition) is 2. The van der Waals surface area contributed by atoms with Gasteiger partial charge in [0.15, 0.2) is 0 Å². The Morgan fingerprint density at radius 1 is 1.20 bits per heavy atom. The maximum Gasteiger partial charge on any atom is 0.269 e. The summed E-state index contributed by atoms with van der Waals surface area (Å²) in [6.45, 7) is 3.62. The molecule has 0 saturated heterocycles. The quantitative estimate of drug-likeness (QED) is 0.433. The summed E-state index contributed by atoms with van der Waals surface area (Å²) in [5.41, 5.74) is 8.34. The molecule has 0 bridgehead atoms. The van der Waals surface area contributed by atoms with Crippen molar-refractivity contribution in [3.8, 4) is 0 Å². The molecule has 25 heavy (non-hydrogen) atoms. The molecule has 3 N–H and O–H groups in total. The van der Waals surface area contributed by atoms with Crippen molar-refractivity contribution in [3.63, 3.8) is 0 Å². The van der Waals surface area contributed by atoms with Crippen molar-refractivity contribution < 1.29 is 10.0 Å². The van der Waals surface area contributed by atoms with Crippen LogP contribution in [0.4, 0.5) is 22.7 Å². The molecule has 0 spiro atoms. The van der Waals surface area contributed by atoms with Gasteiger partial charge in [-0.3, -0.25) is 10.1 Å². The Kier molecular flexibility index (Phi) is 6.55. The molecule has 0 radical (unpaired) electrons. The number of rotatable bonds is 8. The van der Waals surface area contributed by atoms with Crippen LogP contribution >= 0.6 is 0 Å². The minimum Gasteiger partial charge on any atom is -0.395 e. The van der Waals surface area contributed by atoms with E-state index in [1.165, 1.54) is 18.2 Å². The molecule has 0 saturated carbocycles. The van der Waals surface area contributed by atoms with Crippen LogP contribution in [0.15, 0.2) is 52.7 Å². The van der Waals surface area contributed by atoms with Crippen molar-refractivity contribution in [2.75, 3.05) is 24.6 Å². The number of non-ortho nitro benzene ring substituents is 1. The molecule has 0 amide bonds. The molecule has 8 nitrogen and oxygen atoms in total. The number of likely N-dealkylation sites (N-methyl/N-ethyl adjacent to an activating group) is 1. The third kappa shape index (κ3) is 4.82. The fourth-order valence-corrected chi connectivity index (χ4v) is 2.38. The number of aliphatic hydroxyl groups excluding tert-OH is 1. The number of nitro benzene ring substituents is 1. The molecule has 0 atom stereocenters. The number of benzene rings is 2. The topological polar surface area (TPSA) is 117 Å². The van der Waals surface area contributed by atoms with Gasteiger partial charge in [0.2, 0.25) is 0 Å². The zero-order chi connectivity index (χ0) is 18.2. The monoisotopic (exact) mass is 343 g/mol. The Morgan fingerprint density at radius 2 is 1.92 bits per heavy atom. The number of nitrogens with two attached hydrogens (primary N) is 1. The van der Waals surface area contributed by atoms with E-state index < -0.39 is 4.92 Å². The maximum atomic E-state index is 10.8. The lowest BCUT2D eigenvalue weighted by Crippen LogP contribution is -2.25. The van der Waals surface area contributed by atoms with Gasteiger partial charge in [0.05, 0.1) is 22.9 Å². The van der Waals surface area contributed by atoms with Crippen LogP contribution in [0.25, 0.3) is 0 Å². The smallest absolute Gasteiger partial charge is 0.269 e. The van der Waals surface area contributed by atoms with Crippen LogP contribution in [0.1, 0.15) is 12.5 Å². The maximum absolute atomic E-state index is 10.8. The van der Waals surface area contributed by atoms with Crippen LogP contribution in [-0.4, -0.2) is 29.7 Å². The predicted octanol–water partition coefficient (Wildman–Crippen LogP) is 3.29. The summed E-state index contributed by atoms with van der Waals surface area (Å²) in [6, 6.07) is 11.8. The highest BCUT2D eigenvalue weighted by molar-refractivity contribution is 5.54. The van der Waals surface area contributed by atoms with Gasteiger partial charge in [-0.15, -0.1) is 0 Å². The minimum absolute atomic E-state index is 0.0210. The van der Waals surface area contributed by atoms with Gasteiger partial charge in [-0.2, -0.15) is 10.2 Å². The summed E-state index contributed by atoms with van der Waals surface area (Å²) in [5, 5.41) is 28.2. The zero-order valence-electron chi connectivity index (χ0n) is 14.0. The largest absolute Gasteiger partial charge is 0.395 e. The van der Waals surface area contributed by atoms with Crippen LogP contribution in [0, 0.1) is 10.1 Å². The first-order valence-electron chi connectivity index (χ1n) is 7.94. The van der Waals surface area contributed by atoms with Gasteiger partial charge in [0, 0.05) is 43.0 Å². The van der Waals surface area contributed by atoms with Gasteiger partial charge < -0.3 is 15.7 Å². The lowest BCUT2D eigenvalue weighted by Gasteiger charge is -2.21. The van der Waals surface area contributed by atoms with Crippen molar-refractivity contribution in [1.82, 2.24) is 0 Å². The van der Waals surface area contributed by atoms with E-state index in [-0.39, 0.29) is 18.8 Å². The predicted molar refractivity (Wildman–Crippen MR) is 96.6 cm³/mol. The lowest BCUT2D eigenvalue weighted by molar-refractivity contribution is -0.384. The molecule has 2 aromatic carbocycles. The van der Waals surface area contributed by atoms with E-state index in [1.807, 2.05) is 36.1 Å². The van der Waals surface area contributed by atoms with Crippen molar-refractivity contribution >= 4 is 22.7 Å². The second-order valence-electron chi connectivity index (χ2n) is 5.29. The van der Waals surface area contributed by atoms with Gasteiger partial charge >= 0.3 is 0 Å². The molecule has 0 aliphatic carbocycles.